The molecule has 16 heavy (non-hydrogen) atoms. The number of aliphatic hydroxyl groups excluding tert-OH is 1. The Labute approximate surface area is 95.9 Å². The Morgan fingerprint density at radius 1 is 1.12 bits per heavy atom. The van der Waals surface area contributed by atoms with E-state index >= 15 is 0 Å². The highest BCUT2D eigenvalue weighted by atomic mass is 16.6. The van der Waals surface area contributed by atoms with Gasteiger partial charge in [0.2, 0.25) is 0 Å². The van der Waals surface area contributed by atoms with Crippen LogP contribution in [0.5, 0.6) is 0 Å². The van der Waals surface area contributed by atoms with E-state index in [0.29, 0.717) is 0 Å². The van der Waals surface area contributed by atoms with Crippen molar-refractivity contribution in [1.29, 1.82) is 0 Å². The van der Waals surface area contributed by atoms with Crippen molar-refractivity contribution in [2.75, 3.05) is 6.61 Å². The Morgan fingerprint density at radius 3 is 2.50 bits per heavy atom. The van der Waals surface area contributed by atoms with E-state index in [1.165, 1.54) is 6.42 Å². The van der Waals surface area contributed by atoms with E-state index in [1.54, 1.807) is 0 Å². The number of aliphatic hydroxyl groups is 1. The normalized spacial score (nSPS) is 37.3. The molecule has 3 fully saturated rings. The number of carbonyl (C=O) groups is 1. The molecule has 1 N–H and O–H groups in total. The first-order valence-corrected chi connectivity index (χ1v) is 6.26. The van der Waals surface area contributed by atoms with Crippen molar-refractivity contribution in [3.05, 3.63) is 0 Å². The minimum absolute atomic E-state index is 0.0532. The van der Waals surface area contributed by atoms with Gasteiger partial charge in [0, 0.05) is 6.61 Å². The first-order chi connectivity index (χ1) is 7.75. The number of fused-ring (bicyclic) bond motifs is 2. The summed E-state index contributed by atoms with van der Waals surface area (Å²) in [6.45, 7) is 0.737. The lowest BCUT2D eigenvalue weighted by molar-refractivity contribution is -0.143. The lowest BCUT2D eigenvalue weighted by Crippen LogP contribution is -2.17. The second kappa shape index (κ2) is 5.64. The first-order valence-electron chi connectivity index (χ1n) is 6.26. The van der Waals surface area contributed by atoms with Gasteiger partial charge in [0.05, 0.1) is 5.92 Å². The Morgan fingerprint density at radius 2 is 2.00 bits per heavy atom. The fourth-order valence-electron chi connectivity index (χ4n) is 2.45. The van der Waals surface area contributed by atoms with Gasteiger partial charge in [0.15, 0.2) is 6.29 Å². The maximum Gasteiger partial charge on any atom is 0.309 e. The highest BCUT2D eigenvalue weighted by Crippen LogP contribution is 2.33. The zero-order valence-corrected chi connectivity index (χ0v) is 9.56. The maximum atomic E-state index is 10.8. The zero-order chi connectivity index (χ0) is 11.4. The molecule has 0 spiro atoms. The molecule has 0 radical (unpaired) electrons. The molecule has 2 saturated heterocycles. The van der Waals surface area contributed by atoms with Crippen molar-refractivity contribution < 1.29 is 19.4 Å². The van der Waals surface area contributed by atoms with Crippen LogP contribution < -0.4 is 0 Å². The van der Waals surface area contributed by atoms with Crippen LogP contribution in [0.15, 0.2) is 0 Å². The van der Waals surface area contributed by atoms with Crippen LogP contribution in [0.1, 0.15) is 44.9 Å². The average molecular weight is 228 g/mol. The van der Waals surface area contributed by atoms with E-state index in [2.05, 4.69) is 0 Å². The Balaban J connectivity index is 0.000000125. The summed E-state index contributed by atoms with van der Waals surface area (Å²) in [6.07, 6.45) is 7.21. The molecule has 2 bridgehead atoms. The highest BCUT2D eigenvalue weighted by Gasteiger charge is 2.37. The number of hydrogen-bond acceptors (Lipinski definition) is 4. The van der Waals surface area contributed by atoms with Crippen LogP contribution in [0.25, 0.3) is 0 Å². The van der Waals surface area contributed by atoms with Crippen molar-refractivity contribution >= 4 is 5.97 Å². The van der Waals surface area contributed by atoms with Crippen LogP contribution in [0.3, 0.4) is 0 Å². The van der Waals surface area contributed by atoms with Gasteiger partial charge in [-0.15, -0.1) is 0 Å². The summed E-state index contributed by atoms with van der Waals surface area (Å²) in [5.74, 6) is 0.321. The van der Waals surface area contributed by atoms with Crippen molar-refractivity contribution in [3.8, 4) is 0 Å². The Bertz CT molecular complexity index is 235. The fraction of sp³-hybridized carbons (Fsp3) is 0.917. The summed E-state index contributed by atoms with van der Waals surface area (Å²) in [6, 6.07) is 0. The van der Waals surface area contributed by atoms with Crippen molar-refractivity contribution in [3.63, 3.8) is 0 Å². The van der Waals surface area contributed by atoms with Gasteiger partial charge in [-0.3, -0.25) is 4.79 Å². The molecule has 0 aromatic rings. The molecular weight excluding hydrogens is 208 g/mol. The molecule has 0 aromatic carbocycles. The maximum absolute atomic E-state index is 10.8. The van der Waals surface area contributed by atoms with Crippen LogP contribution in [-0.4, -0.2) is 30.1 Å². The molecule has 3 aliphatic rings. The monoisotopic (exact) mass is 228 g/mol. The predicted molar refractivity (Wildman–Crippen MR) is 57.6 cm³/mol. The predicted octanol–water partition coefficient (Wildman–Crippen LogP) is 1.61. The Kier molecular flexibility index (Phi) is 4.18. The number of ether oxygens (including phenoxy) is 2. The minimum Gasteiger partial charge on any atom is -0.462 e. The Hall–Kier alpha value is -0.610. The topological polar surface area (TPSA) is 55.8 Å². The van der Waals surface area contributed by atoms with Gasteiger partial charge in [0.25, 0.3) is 0 Å². The summed E-state index contributed by atoms with van der Waals surface area (Å²) in [5.41, 5.74) is 0. The quantitative estimate of drug-likeness (QED) is 0.640. The SMILES string of the molecule is O=C1OC2CCCC1C2.OC1CCCCO1. The van der Waals surface area contributed by atoms with E-state index in [0.717, 1.165) is 45.1 Å². The fourth-order valence-corrected chi connectivity index (χ4v) is 2.45. The lowest BCUT2D eigenvalue weighted by Gasteiger charge is -2.16. The number of esters is 1. The molecule has 3 rings (SSSR count). The van der Waals surface area contributed by atoms with Gasteiger partial charge in [-0.2, -0.15) is 0 Å². The highest BCUT2D eigenvalue weighted by molar-refractivity contribution is 5.74. The second-order valence-corrected chi connectivity index (χ2v) is 4.74. The van der Waals surface area contributed by atoms with Gasteiger partial charge in [-0.05, 0) is 44.9 Å². The van der Waals surface area contributed by atoms with E-state index in [1.807, 2.05) is 0 Å². The molecule has 2 aliphatic heterocycles. The minimum atomic E-state index is -0.464. The molecule has 4 heteroatoms. The summed E-state index contributed by atoms with van der Waals surface area (Å²) in [4.78, 5) is 10.8. The molecule has 3 unspecified atom stereocenters. The van der Waals surface area contributed by atoms with Crippen LogP contribution in [0.4, 0.5) is 0 Å². The van der Waals surface area contributed by atoms with Gasteiger partial charge in [0.1, 0.15) is 6.10 Å². The third kappa shape index (κ3) is 3.19. The molecule has 3 atom stereocenters. The largest absolute Gasteiger partial charge is 0.462 e. The smallest absolute Gasteiger partial charge is 0.309 e. The number of rotatable bonds is 0. The van der Waals surface area contributed by atoms with Crippen LogP contribution in [0, 0.1) is 5.92 Å². The van der Waals surface area contributed by atoms with Gasteiger partial charge >= 0.3 is 5.97 Å². The van der Waals surface area contributed by atoms with Gasteiger partial charge in [-0.25, -0.2) is 0 Å². The molecule has 0 aromatic heterocycles. The van der Waals surface area contributed by atoms with Crippen molar-refractivity contribution in [2.24, 2.45) is 5.92 Å². The molecule has 0 amide bonds. The summed E-state index contributed by atoms with van der Waals surface area (Å²) >= 11 is 0. The summed E-state index contributed by atoms with van der Waals surface area (Å²) in [5, 5.41) is 8.69. The van der Waals surface area contributed by atoms with Gasteiger partial charge < -0.3 is 14.6 Å². The van der Waals surface area contributed by atoms with E-state index in [-0.39, 0.29) is 18.0 Å². The zero-order valence-electron chi connectivity index (χ0n) is 9.56. The molecule has 1 saturated carbocycles. The van der Waals surface area contributed by atoms with Crippen LogP contribution in [0.2, 0.25) is 0 Å². The van der Waals surface area contributed by atoms with Gasteiger partial charge in [-0.1, -0.05) is 0 Å². The third-order valence-electron chi connectivity index (χ3n) is 3.40. The van der Waals surface area contributed by atoms with E-state index in [4.69, 9.17) is 14.6 Å². The van der Waals surface area contributed by atoms with Crippen molar-refractivity contribution in [2.45, 2.75) is 57.3 Å². The molecular formula is C12H20O4. The molecule has 1 aliphatic carbocycles. The third-order valence-corrected chi connectivity index (χ3v) is 3.40. The molecule has 92 valence electrons. The number of carbonyl (C=O) groups excluding carboxylic acids is 1. The standard InChI is InChI=1S/C7H10O2.C5H10O2/c8-7-5-2-1-3-6(4-5)9-7;6-5-3-1-2-4-7-5/h5-6H,1-4H2;5-6H,1-4H2. The van der Waals surface area contributed by atoms with Crippen molar-refractivity contribution in [1.82, 2.24) is 0 Å². The average Bonchev–Trinajstić information content (AvgIpc) is 2.55. The summed E-state index contributed by atoms with van der Waals surface area (Å²) in [7, 11) is 0. The lowest BCUT2D eigenvalue weighted by atomic mass is 9.90. The molecule has 4 nitrogen and oxygen atoms in total. The van der Waals surface area contributed by atoms with E-state index < -0.39 is 6.29 Å². The number of hydrogen-bond donors (Lipinski definition) is 1. The first kappa shape index (κ1) is 11.9. The van der Waals surface area contributed by atoms with Crippen LogP contribution in [-0.2, 0) is 14.3 Å². The second-order valence-electron chi connectivity index (χ2n) is 4.74. The molecule has 2 heterocycles. The summed E-state index contributed by atoms with van der Waals surface area (Å²) < 4.78 is 9.88. The van der Waals surface area contributed by atoms with E-state index in [9.17, 15) is 4.79 Å². The van der Waals surface area contributed by atoms with Crippen LogP contribution >= 0.6 is 0 Å².